The molecule has 3 rings (SSSR count). The van der Waals surface area contributed by atoms with E-state index < -0.39 is 0 Å². The first-order valence-corrected chi connectivity index (χ1v) is 9.50. The van der Waals surface area contributed by atoms with Crippen molar-refractivity contribution >= 4 is 11.6 Å². The van der Waals surface area contributed by atoms with E-state index in [-0.39, 0.29) is 0 Å². The maximum absolute atomic E-state index is 6.02. The first kappa shape index (κ1) is 16.1. The lowest BCUT2D eigenvalue weighted by molar-refractivity contribution is 0.115. The average Bonchev–Trinajstić information content (AvgIpc) is 2.55. The fourth-order valence-corrected chi connectivity index (χ4v) is 4.91. The summed E-state index contributed by atoms with van der Waals surface area (Å²) in [5.74, 6) is 3.75. The van der Waals surface area contributed by atoms with Gasteiger partial charge in [-0.3, -0.25) is 0 Å². The Morgan fingerprint density at radius 2 is 1.73 bits per heavy atom. The van der Waals surface area contributed by atoms with Crippen molar-refractivity contribution in [1.82, 2.24) is 0 Å². The summed E-state index contributed by atoms with van der Waals surface area (Å²) in [6.07, 6.45) is 15.9. The Balaban J connectivity index is 1.54. The van der Waals surface area contributed by atoms with Gasteiger partial charge in [-0.25, -0.2) is 0 Å². The van der Waals surface area contributed by atoms with E-state index in [1.807, 2.05) is 0 Å². The van der Waals surface area contributed by atoms with Gasteiger partial charge in [0.25, 0.3) is 0 Å². The molecule has 1 aromatic rings. The van der Waals surface area contributed by atoms with Gasteiger partial charge in [0.2, 0.25) is 0 Å². The zero-order valence-corrected chi connectivity index (χ0v) is 14.6. The van der Waals surface area contributed by atoms with Gasteiger partial charge in [0.15, 0.2) is 0 Å². The van der Waals surface area contributed by atoms with Gasteiger partial charge in [-0.1, -0.05) is 42.3 Å². The highest BCUT2D eigenvalue weighted by Gasteiger charge is 2.35. The molecule has 0 N–H and O–H groups in total. The number of rotatable bonds is 4. The van der Waals surface area contributed by atoms with Crippen LogP contribution in [-0.2, 0) is 0 Å². The van der Waals surface area contributed by atoms with Gasteiger partial charge >= 0.3 is 0 Å². The molecule has 4 unspecified atom stereocenters. The molecule has 2 aliphatic rings. The summed E-state index contributed by atoms with van der Waals surface area (Å²) in [7, 11) is 0. The molecule has 1 aromatic carbocycles. The van der Waals surface area contributed by atoms with Crippen LogP contribution in [-0.4, -0.2) is 0 Å². The molecule has 0 spiro atoms. The summed E-state index contributed by atoms with van der Waals surface area (Å²) >= 11 is 6.02. The molecule has 0 aromatic heterocycles. The lowest BCUT2D eigenvalue weighted by Gasteiger charge is -2.42. The van der Waals surface area contributed by atoms with Crippen molar-refractivity contribution in [3.63, 3.8) is 0 Å². The second-order valence-corrected chi connectivity index (χ2v) is 7.84. The van der Waals surface area contributed by atoms with Crippen LogP contribution in [0.1, 0.15) is 69.8 Å². The SMILES string of the molecule is CC=CCCC1CCC2CC(c3ccc(Cl)cc3)CCC2C1. The molecule has 1 heteroatoms. The minimum atomic E-state index is 0.776. The fourth-order valence-electron chi connectivity index (χ4n) is 4.78. The lowest BCUT2D eigenvalue weighted by Crippen LogP contribution is -2.30. The van der Waals surface area contributed by atoms with Crippen LogP contribution in [0, 0.1) is 17.8 Å². The number of fused-ring (bicyclic) bond motifs is 1. The smallest absolute Gasteiger partial charge is 0.0406 e. The predicted octanol–water partition coefficient (Wildman–Crippen LogP) is 7.00. The van der Waals surface area contributed by atoms with E-state index in [1.165, 1.54) is 56.9 Å². The lowest BCUT2D eigenvalue weighted by atomic mass is 9.63. The Hall–Kier alpha value is -0.750. The van der Waals surface area contributed by atoms with E-state index >= 15 is 0 Å². The Labute approximate surface area is 141 Å². The van der Waals surface area contributed by atoms with E-state index in [9.17, 15) is 0 Å². The van der Waals surface area contributed by atoms with Gasteiger partial charge in [0.1, 0.15) is 0 Å². The van der Waals surface area contributed by atoms with Crippen LogP contribution >= 0.6 is 11.6 Å². The molecule has 120 valence electrons. The highest BCUT2D eigenvalue weighted by atomic mass is 35.5. The van der Waals surface area contributed by atoms with Gasteiger partial charge < -0.3 is 0 Å². The summed E-state index contributed by atoms with van der Waals surface area (Å²) in [6, 6.07) is 8.61. The Bertz CT molecular complexity index is 487. The van der Waals surface area contributed by atoms with Gasteiger partial charge in [0.05, 0.1) is 0 Å². The highest BCUT2D eigenvalue weighted by Crippen LogP contribution is 2.48. The van der Waals surface area contributed by atoms with E-state index in [4.69, 9.17) is 11.6 Å². The molecule has 2 aliphatic carbocycles. The van der Waals surface area contributed by atoms with Crippen LogP contribution in [0.3, 0.4) is 0 Å². The first-order chi connectivity index (χ1) is 10.8. The minimum Gasteiger partial charge on any atom is -0.0917 e. The maximum atomic E-state index is 6.02. The molecule has 0 radical (unpaired) electrons. The van der Waals surface area contributed by atoms with E-state index in [1.54, 1.807) is 0 Å². The molecule has 4 atom stereocenters. The third-order valence-corrected chi connectivity index (χ3v) is 6.29. The fraction of sp³-hybridized carbons (Fsp3) is 0.619. The van der Waals surface area contributed by atoms with Gasteiger partial charge in [-0.05, 0) is 93.2 Å². The van der Waals surface area contributed by atoms with Crippen LogP contribution < -0.4 is 0 Å². The van der Waals surface area contributed by atoms with Crippen molar-refractivity contribution in [3.05, 3.63) is 47.0 Å². The van der Waals surface area contributed by atoms with E-state index in [0.29, 0.717) is 0 Å². The van der Waals surface area contributed by atoms with Crippen molar-refractivity contribution < 1.29 is 0 Å². The first-order valence-electron chi connectivity index (χ1n) is 9.13. The second kappa shape index (κ2) is 7.68. The number of benzene rings is 1. The molecule has 0 bridgehead atoms. The summed E-state index contributed by atoms with van der Waals surface area (Å²) in [5, 5.41) is 0.860. The standard InChI is InChI=1S/C21H29Cl/c1-2-3-4-5-16-6-7-20-15-19(9-8-18(20)14-16)17-10-12-21(22)13-11-17/h2-3,10-13,16,18-20H,4-9,14-15H2,1H3. The normalized spacial score (nSPS) is 32.1. The van der Waals surface area contributed by atoms with Gasteiger partial charge in [-0.15, -0.1) is 0 Å². The molecular weight excluding hydrogens is 288 g/mol. The van der Waals surface area contributed by atoms with Crippen LogP contribution in [0.25, 0.3) is 0 Å². The Morgan fingerprint density at radius 3 is 2.50 bits per heavy atom. The summed E-state index contributed by atoms with van der Waals surface area (Å²) in [4.78, 5) is 0. The maximum Gasteiger partial charge on any atom is 0.0406 e. The number of hydrogen-bond acceptors (Lipinski definition) is 0. The number of allylic oxidation sites excluding steroid dienone is 2. The van der Waals surface area contributed by atoms with Crippen LogP contribution in [0.15, 0.2) is 36.4 Å². The Morgan fingerprint density at radius 1 is 1.00 bits per heavy atom. The third kappa shape index (κ3) is 3.96. The van der Waals surface area contributed by atoms with E-state index in [0.717, 1.165) is 28.7 Å². The van der Waals surface area contributed by atoms with Gasteiger partial charge in [0, 0.05) is 5.02 Å². The van der Waals surface area contributed by atoms with Crippen LogP contribution in [0.5, 0.6) is 0 Å². The molecule has 0 saturated heterocycles. The number of halogens is 1. The molecule has 22 heavy (non-hydrogen) atoms. The zero-order valence-electron chi connectivity index (χ0n) is 13.8. The summed E-state index contributed by atoms with van der Waals surface area (Å²) in [5.41, 5.74) is 1.51. The van der Waals surface area contributed by atoms with Crippen LogP contribution in [0.2, 0.25) is 5.02 Å². The largest absolute Gasteiger partial charge is 0.0917 e. The molecule has 0 nitrogen and oxygen atoms in total. The van der Waals surface area contributed by atoms with Crippen molar-refractivity contribution in [2.75, 3.05) is 0 Å². The predicted molar refractivity (Wildman–Crippen MR) is 96.4 cm³/mol. The molecule has 0 aliphatic heterocycles. The molecule has 2 fully saturated rings. The molecular formula is C21H29Cl. The quantitative estimate of drug-likeness (QED) is 0.525. The van der Waals surface area contributed by atoms with Crippen molar-refractivity contribution in [2.45, 2.75) is 64.2 Å². The monoisotopic (exact) mass is 316 g/mol. The third-order valence-electron chi connectivity index (χ3n) is 6.04. The van der Waals surface area contributed by atoms with E-state index in [2.05, 4.69) is 43.3 Å². The number of hydrogen-bond donors (Lipinski definition) is 0. The van der Waals surface area contributed by atoms with Crippen LogP contribution in [0.4, 0.5) is 0 Å². The Kier molecular flexibility index (Phi) is 5.63. The van der Waals surface area contributed by atoms with Gasteiger partial charge in [-0.2, -0.15) is 0 Å². The second-order valence-electron chi connectivity index (χ2n) is 7.41. The average molecular weight is 317 g/mol. The zero-order chi connectivity index (χ0) is 15.4. The molecule has 2 saturated carbocycles. The van der Waals surface area contributed by atoms with Crippen molar-refractivity contribution in [3.8, 4) is 0 Å². The molecule has 0 amide bonds. The minimum absolute atomic E-state index is 0.776. The van der Waals surface area contributed by atoms with Crippen molar-refractivity contribution in [1.29, 1.82) is 0 Å². The molecule has 0 heterocycles. The topological polar surface area (TPSA) is 0 Å². The van der Waals surface area contributed by atoms with Crippen molar-refractivity contribution in [2.24, 2.45) is 17.8 Å². The highest BCUT2D eigenvalue weighted by molar-refractivity contribution is 6.30. The summed E-state index contributed by atoms with van der Waals surface area (Å²) < 4.78 is 0. The summed E-state index contributed by atoms with van der Waals surface area (Å²) in [6.45, 7) is 2.13.